The summed E-state index contributed by atoms with van der Waals surface area (Å²) in [5.41, 5.74) is 1.04. The molecule has 122 valence electrons. The molecule has 1 fully saturated rings. The summed E-state index contributed by atoms with van der Waals surface area (Å²) in [5, 5.41) is 9.05. The molecule has 0 radical (unpaired) electrons. The van der Waals surface area contributed by atoms with Crippen LogP contribution in [0, 0.1) is 0 Å². The Morgan fingerprint density at radius 2 is 2.05 bits per heavy atom. The van der Waals surface area contributed by atoms with Crippen molar-refractivity contribution in [2.75, 3.05) is 18.9 Å². The first-order chi connectivity index (χ1) is 10.5. The van der Waals surface area contributed by atoms with Crippen LogP contribution in [0.1, 0.15) is 24.8 Å². The van der Waals surface area contributed by atoms with Gasteiger partial charge in [-0.1, -0.05) is 30.3 Å². The average Bonchev–Trinajstić information content (AvgIpc) is 2.98. The molecule has 1 heterocycles. The Labute approximate surface area is 130 Å². The first kappa shape index (κ1) is 16.9. The first-order valence-electron chi connectivity index (χ1n) is 7.35. The minimum absolute atomic E-state index is 0.0778. The zero-order valence-corrected chi connectivity index (χ0v) is 13.2. The number of benzene rings is 1. The quantitative estimate of drug-likeness (QED) is 0.731. The molecule has 0 aromatic heterocycles. The van der Waals surface area contributed by atoms with E-state index in [2.05, 4.69) is 0 Å². The highest BCUT2D eigenvalue weighted by Gasteiger charge is 2.38. The van der Waals surface area contributed by atoms with Crippen LogP contribution in [0.3, 0.4) is 0 Å². The lowest BCUT2D eigenvalue weighted by Crippen LogP contribution is -2.41. The van der Waals surface area contributed by atoms with Gasteiger partial charge in [0, 0.05) is 13.2 Å². The van der Waals surface area contributed by atoms with Crippen molar-refractivity contribution in [3.63, 3.8) is 0 Å². The largest absolute Gasteiger partial charge is 0.480 e. The molecule has 0 amide bonds. The molecule has 1 N–H and O–H groups in total. The summed E-state index contributed by atoms with van der Waals surface area (Å²) < 4.78 is 30.9. The lowest BCUT2D eigenvalue weighted by atomic mass is 10.2. The van der Waals surface area contributed by atoms with E-state index in [9.17, 15) is 13.2 Å². The van der Waals surface area contributed by atoms with Crippen LogP contribution >= 0.6 is 0 Å². The van der Waals surface area contributed by atoms with Crippen LogP contribution in [-0.4, -0.2) is 48.7 Å². The number of hydrogen-bond acceptors (Lipinski definition) is 4. The minimum atomic E-state index is -3.53. The van der Waals surface area contributed by atoms with Gasteiger partial charge in [-0.05, 0) is 24.8 Å². The Hall–Kier alpha value is -1.44. The third kappa shape index (κ3) is 4.53. The Bertz CT molecular complexity index is 587. The van der Waals surface area contributed by atoms with Crippen molar-refractivity contribution in [1.82, 2.24) is 4.31 Å². The number of rotatable bonds is 8. The number of hydrogen-bond donors (Lipinski definition) is 1. The molecule has 1 aromatic carbocycles. The van der Waals surface area contributed by atoms with Crippen LogP contribution in [0.2, 0.25) is 0 Å². The van der Waals surface area contributed by atoms with E-state index in [-0.39, 0.29) is 5.75 Å². The van der Waals surface area contributed by atoms with Gasteiger partial charge in [-0.2, -0.15) is 4.31 Å². The van der Waals surface area contributed by atoms with Gasteiger partial charge in [-0.25, -0.2) is 8.42 Å². The van der Waals surface area contributed by atoms with Crippen LogP contribution in [0.5, 0.6) is 0 Å². The number of nitrogens with zero attached hydrogens (tertiary/aromatic N) is 1. The molecule has 0 spiro atoms. The van der Waals surface area contributed by atoms with E-state index in [0.29, 0.717) is 39.0 Å². The van der Waals surface area contributed by atoms with Gasteiger partial charge in [-0.15, -0.1) is 0 Å². The molecule has 1 aliphatic heterocycles. The van der Waals surface area contributed by atoms with E-state index in [1.807, 2.05) is 30.3 Å². The van der Waals surface area contributed by atoms with Crippen LogP contribution in [0.4, 0.5) is 0 Å². The average molecular weight is 327 g/mol. The summed E-state index contributed by atoms with van der Waals surface area (Å²) in [5.74, 6) is -1.15. The lowest BCUT2D eigenvalue weighted by Gasteiger charge is -2.20. The van der Waals surface area contributed by atoms with E-state index in [1.165, 1.54) is 0 Å². The maximum atomic E-state index is 12.2. The minimum Gasteiger partial charge on any atom is -0.480 e. The number of carboxylic acid groups (broad SMARTS) is 1. The fraction of sp³-hybridized carbons (Fsp3) is 0.533. The molecule has 1 aliphatic rings. The molecule has 0 saturated carbocycles. The monoisotopic (exact) mass is 327 g/mol. The van der Waals surface area contributed by atoms with Crippen molar-refractivity contribution in [1.29, 1.82) is 0 Å². The molecule has 2 rings (SSSR count). The van der Waals surface area contributed by atoms with Crippen molar-refractivity contribution < 1.29 is 23.1 Å². The Balaban J connectivity index is 1.75. The number of ether oxygens (including phenoxy) is 1. The summed E-state index contributed by atoms with van der Waals surface area (Å²) >= 11 is 0. The zero-order valence-electron chi connectivity index (χ0n) is 12.3. The highest BCUT2D eigenvalue weighted by molar-refractivity contribution is 7.89. The topological polar surface area (TPSA) is 83.9 Å². The van der Waals surface area contributed by atoms with E-state index < -0.39 is 22.0 Å². The Morgan fingerprint density at radius 1 is 1.32 bits per heavy atom. The second kappa shape index (κ2) is 7.71. The molecule has 7 heteroatoms. The van der Waals surface area contributed by atoms with Gasteiger partial charge in [0.05, 0.1) is 12.4 Å². The molecule has 1 aromatic rings. The smallest absolute Gasteiger partial charge is 0.322 e. The molecular weight excluding hydrogens is 306 g/mol. The Kier molecular flexibility index (Phi) is 5.93. The maximum absolute atomic E-state index is 12.2. The molecule has 6 nitrogen and oxygen atoms in total. The molecule has 0 aliphatic carbocycles. The molecule has 1 saturated heterocycles. The SMILES string of the molecule is O=C(O)[C@@H]1CCCN1S(=O)(=O)CCCOCc1ccccc1. The summed E-state index contributed by atoms with van der Waals surface area (Å²) in [6.45, 7) is 1.08. The Morgan fingerprint density at radius 3 is 2.73 bits per heavy atom. The fourth-order valence-electron chi connectivity index (χ4n) is 2.54. The van der Waals surface area contributed by atoms with Crippen molar-refractivity contribution in [3.05, 3.63) is 35.9 Å². The summed E-state index contributed by atoms with van der Waals surface area (Å²) in [6.07, 6.45) is 1.35. The molecule has 1 atom stereocenters. The van der Waals surface area contributed by atoms with Gasteiger partial charge in [0.2, 0.25) is 10.0 Å². The van der Waals surface area contributed by atoms with Crippen LogP contribution in [-0.2, 0) is 26.2 Å². The van der Waals surface area contributed by atoms with E-state index in [0.717, 1.165) is 9.87 Å². The van der Waals surface area contributed by atoms with E-state index in [4.69, 9.17) is 9.84 Å². The highest BCUT2D eigenvalue weighted by atomic mass is 32.2. The third-order valence-corrected chi connectivity index (χ3v) is 5.60. The van der Waals surface area contributed by atoms with E-state index >= 15 is 0 Å². The van der Waals surface area contributed by atoms with Crippen molar-refractivity contribution in [2.24, 2.45) is 0 Å². The maximum Gasteiger partial charge on any atom is 0.322 e. The van der Waals surface area contributed by atoms with Crippen LogP contribution in [0.25, 0.3) is 0 Å². The highest BCUT2D eigenvalue weighted by Crippen LogP contribution is 2.21. The van der Waals surface area contributed by atoms with Gasteiger partial charge >= 0.3 is 5.97 Å². The van der Waals surface area contributed by atoms with E-state index in [1.54, 1.807) is 0 Å². The van der Waals surface area contributed by atoms with Crippen molar-refractivity contribution in [3.8, 4) is 0 Å². The predicted molar refractivity (Wildman–Crippen MR) is 81.9 cm³/mol. The van der Waals surface area contributed by atoms with Gasteiger partial charge < -0.3 is 9.84 Å². The molecule has 0 unspecified atom stereocenters. The third-order valence-electron chi connectivity index (χ3n) is 3.65. The van der Waals surface area contributed by atoms with Crippen LogP contribution in [0.15, 0.2) is 30.3 Å². The molecule has 22 heavy (non-hydrogen) atoms. The lowest BCUT2D eigenvalue weighted by molar-refractivity contribution is -0.140. The number of aliphatic carboxylic acids is 1. The van der Waals surface area contributed by atoms with Gasteiger partial charge in [0.15, 0.2) is 0 Å². The van der Waals surface area contributed by atoms with Crippen molar-refractivity contribution in [2.45, 2.75) is 31.9 Å². The number of carbonyl (C=O) groups is 1. The van der Waals surface area contributed by atoms with Crippen LogP contribution < -0.4 is 0 Å². The normalized spacial score (nSPS) is 19.4. The first-order valence-corrected chi connectivity index (χ1v) is 8.95. The van der Waals surface area contributed by atoms with Gasteiger partial charge in [-0.3, -0.25) is 4.79 Å². The second-order valence-electron chi connectivity index (χ2n) is 5.31. The standard InChI is InChI=1S/C15H21NO5S/c17-15(18)14-8-4-9-16(14)22(19,20)11-5-10-21-12-13-6-2-1-3-7-13/h1-3,6-7,14H,4-5,8-12H2,(H,17,18)/t14-/m0/s1. The number of carboxylic acids is 1. The van der Waals surface area contributed by atoms with Gasteiger partial charge in [0.25, 0.3) is 0 Å². The zero-order chi connectivity index (χ0) is 16.0. The predicted octanol–water partition coefficient (Wildman–Crippen LogP) is 1.47. The summed E-state index contributed by atoms with van der Waals surface area (Å²) in [4.78, 5) is 11.1. The number of sulfonamides is 1. The second-order valence-corrected chi connectivity index (χ2v) is 7.36. The molecule has 0 bridgehead atoms. The van der Waals surface area contributed by atoms with Gasteiger partial charge in [0.1, 0.15) is 6.04 Å². The van der Waals surface area contributed by atoms with Crippen molar-refractivity contribution >= 4 is 16.0 Å². The fourth-order valence-corrected chi connectivity index (χ4v) is 4.25. The summed E-state index contributed by atoms with van der Waals surface area (Å²) in [7, 11) is -3.53. The molecular formula is C15H21NO5S. The summed E-state index contributed by atoms with van der Waals surface area (Å²) in [6, 6.07) is 8.74.